The maximum atomic E-state index is 13.1. The number of benzene rings is 1. The maximum absolute atomic E-state index is 13.1. The number of nitrogens with zero attached hydrogens (tertiary/aromatic N) is 2. The SMILES string of the molecule is CCOC(=O)c1cnc(Nc2ccc(Cl)cc2)nc1C(F)(F)F. The average Bonchev–Trinajstić information content (AvgIpc) is 2.49. The third kappa shape index (κ3) is 4.32. The number of hydrogen-bond acceptors (Lipinski definition) is 5. The van der Waals surface area contributed by atoms with Crippen LogP contribution in [0.5, 0.6) is 0 Å². The molecule has 0 spiro atoms. The zero-order valence-electron chi connectivity index (χ0n) is 11.8. The zero-order chi connectivity index (χ0) is 17.0. The van der Waals surface area contributed by atoms with E-state index in [0.29, 0.717) is 10.7 Å². The largest absolute Gasteiger partial charge is 0.462 e. The first kappa shape index (κ1) is 17.0. The van der Waals surface area contributed by atoms with Gasteiger partial charge in [0.25, 0.3) is 0 Å². The van der Waals surface area contributed by atoms with Crippen LogP contribution in [0.1, 0.15) is 23.0 Å². The number of carbonyl (C=O) groups is 1. The molecule has 2 aromatic rings. The highest BCUT2D eigenvalue weighted by Gasteiger charge is 2.38. The molecule has 0 unspecified atom stereocenters. The lowest BCUT2D eigenvalue weighted by Gasteiger charge is -2.12. The van der Waals surface area contributed by atoms with Gasteiger partial charge in [-0.2, -0.15) is 13.2 Å². The molecule has 2 rings (SSSR count). The van der Waals surface area contributed by atoms with Crippen molar-refractivity contribution >= 4 is 29.2 Å². The van der Waals surface area contributed by atoms with Crippen molar-refractivity contribution in [2.24, 2.45) is 0 Å². The molecule has 1 N–H and O–H groups in total. The minimum Gasteiger partial charge on any atom is -0.462 e. The first-order chi connectivity index (χ1) is 10.8. The summed E-state index contributed by atoms with van der Waals surface area (Å²) in [5, 5.41) is 3.09. The van der Waals surface area contributed by atoms with Crippen molar-refractivity contribution in [2.75, 3.05) is 11.9 Å². The molecule has 1 heterocycles. The number of carbonyl (C=O) groups excluding carboxylic acids is 1. The minimum atomic E-state index is -4.82. The summed E-state index contributed by atoms with van der Waals surface area (Å²) in [6.45, 7) is 1.43. The van der Waals surface area contributed by atoms with E-state index in [9.17, 15) is 18.0 Å². The highest BCUT2D eigenvalue weighted by Crippen LogP contribution is 2.31. The molecule has 0 atom stereocenters. The summed E-state index contributed by atoms with van der Waals surface area (Å²) in [4.78, 5) is 18.7. The number of nitrogens with one attached hydrogen (secondary N) is 1. The summed E-state index contributed by atoms with van der Waals surface area (Å²) in [7, 11) is 0. The Morgan fingerprint density at radius 1 is 1.30 bits per heavy atom. The van der Waals surface area contributed by atoms with E-state index >= 15 is 0 Å². The van der Waals surface area contributed by atoms with Gasteiger partial charge >= 0.3 is 12.1 Å². The molecular formula is C14H11ClF3N3O2. The van der Waals surface area contributed by atoms with Crippen LogP contribution in [0.2, 0.25) is 5.02 Å². The number of rotatable bonds is 4. The van der Waals surface area contributed by atoms with Gasteiger partial charge in [0.15, 0.2) is 5.69 Å². The van der Waals surface area contributed by atoms with E-state index in [1.807, 2.05) is 0 Å². The first-order valence-electron chi connectivity index (χ1n) is 6.45. The Bertz CT molecular complexity index is 705. The topological polar surface area (TPSA) is 64.1 Å². The third-order valence-corrected chi connectivity index (χ3v) is 2.90. The second-order valence-corrected chi connectivity index (χ2v) is 4.74. The molecule has 0 bridgehead atoms. The van der Waals surface area contributed by atoms with Crippen LogP contribution in [-0.2, 0) is 10.9 Å². The molecule has 1 aromatic heterocycles. The smallest absolute Gasteiger partial charge is 0.434 e. The number of esters is 1. The zero-order valence-corrected chi connectivity index (χ0v) is 12.6. The van der Waals surface area contributed by atoms with Gasteiger partial charge in [-0.05, 0) is 31.2 Å². The van der Waals surface area contributed by atoms with Gasteiger partial charge in [0.05, 0.1) is 6.61 Å². The van der Waals surface area contributed by atoms with Gasteiger partial charge in [0.1, 0.15) is 5.56 Å². The number of aromatic nitrogens is 2. The van der Waals surface area contributed by atoms with E-state index in [1.54, 1.807) is 24.3 Å². The van der Waals surface area contributed by atoms with Gasteiger partial charge in [0, 0.05) is 16.9 Å². The fourth-order valence-corrected chi connectivity index (χ4v) is 1.80. The van der Waals surface area contributed by atoms with Crippen molar-refractivity contribution in [3.8, 4) is 0 Å². The molecule has 0 aliphatic carbocycles. The molecule has 0 aliphatic heterocycles. The molecular weight excluding hydrogens is 335 g/mol. The van der Waals surface area contributed by atoms with Crippen LogP contribution in [-0.4, -0.2) is 22.5 Å². The Balaban J connectivity index is 2.36. The van der Waals surface area contributed by atoms with Gasteiger partial charge in [-0.1, -0.05) is 11.6 Å². The van der Waals surface area contributed by atoms with Crippen molar-refractivity contribution < 1.29 is 22.7 Å². The standard InChI is InChI=1S/C14H11ClF3N3O2/c1-2-23-12(22)10-7-19-13(21-11(10)14(16,17)18)20-9-5-3-8(15)4-6-9/h3-7H,2H2,1H3,(H,19,20,21). The lowest BCUT2D eigenvalue weighted by atomic mass is 10.2. The summed E-state index contributed by atoms with van der Waals surface area (Å²) < 4.78 is 43.8. The lowest BCUT2D eigenvalue weighted by Crippen LogP contribution is -2.19. The monoisotopic (exact) mass is 345 g/mol. The lowest BCUT2D eigenvalue weighted by molar-refractivity contribution is -0.141. The molecule has 0 saturated heterocycles. The Kier molecular flexibility index (Phi) is 5.05. The van der Waals surface area contributed by atoms with E-state index in [-0.39, 0.29) is 12.6 Å². The van der Waals surface area contributed by atoms with Crippen LogP contribution < -0.4 is 5.32 Å². The van der Waals surface area contributed by atoms with Gasteiger partial charge in [-0.15, -0.1) is 0 Å². The maximum Gasteiger partial charge on any atom is 0.434 e. The summed E-state index contributed by atoms with van der Waals surface area (Å²) in [6.07, 6.45) is -4.03. The van der Waals surface area contributed by atoms with E-state index < -0.39 is 23.4 Å². The molecule has 5 nitrogen and oxygen atoms in total. The van der Waals surface area contributed by atoms with Crippen LogP contribution >= 0.6 is 11.6 Å². The van der Waals surface area contributed by atoms with E-state index in [2.05, 4.69) is 20.0 Å². The predicted octanol–water partition coefficient (Wildman–Crippen LogP) is 4.07. The highest BCUT2D eigenvalue weighted by atomic mass is 35.5. The Morgan fingerprint density at radius 2 is 1.96 bits per heavy atom. The van der Waals surface area contributed by atoms with Gasteiger partial charge in [-0.25, -0.2) is 14.8 Å². The van der Waals surface area contributed by atoms with Crippen molar-refractivity contribution in [1.82, 2.24) is 9.97 Å². The molecule has 0 aliphatic rings. The molecule has 0 amide bonds. The third-order valence-electron chi connectivity index (χ3n) is 2.65. The summed E-state index contributed by atoms with van der Waals surface area (Å²) in [6, 6.07) is 6.22. The summed E-state index contributed by atoms with van der Waals surface area (Å²) in [5.74, 6) is -1.43. The second kappa shape index (κ2) is 6.82. The first-order valence-corrected chi connectivity index (χ1v) is 6.83. The molecule has 1 aromatic carbocycles. The van der Waals surface area contributed by atoms with Gasteiger partial charge in [0.2, 0.25) is 5.95 Å². The number of hydrogen-bond donors (Lipinski definition) is 1. The minimum absolute atomic E-state index is 0.0547. The molecule has 0 saturated carbocycles. The summed E-state index contributed by atoms with van der Waals surface area (Å²) >= 11 is 5.73. The molecule has 23 heavy (non-hydrogen) atoms. The van der Waals surface area contributed by atoms with Crippen LogP contribution in [0.4, 0.5) is 24.8 Å². The number of anilines is 2. The Hall–Kier alpha value is -2.35. The second-order valence-electron chi connectivity index (χ2n) is 4.31. The van der Waals surface area contributed by atoms with Gasteiger partial charge < -0.3 is 10.1 Å². The van der Waals surface area contributed by atoms with Crippen molar-refractivity contribution in [3.05, 3.63) is 46.7 Å². The van der Waals surface area contributed by atoms with Crippen LogP contribution in [0.15, 0.2) is 30.5 Å². The Morgan fingerprint density at radius 3 is 2.52 bits per heavy atom. The van der Waals surface area contributed by atoms with E-state index in [4.69, 9.17) is 11.6 Å². The van der Waals surface area contributed by atoms with Crippen LogP contribution in [0.3, 0.4) is 0 Å². The predicted molar refractivity (Wildman–Crippen MR) is 77.7 cm³/mol. The highest BCUT2D eigenvalue weighted by molar-refractivity contribution is 6.30. The fraction of sp³-hybridized carbons (Fsp3) is 0.214. The Labute approximate surface area is 134 Å². The normalized spacial score (nSPS) is 11.2. The molecule has 9 heteroatoms. The van der Waals surface area contributed by atoms with Crippen molar-refractivity contribution in [3.63, 3.8) is 0 Å². The van der Waals surface area contributed by atoms with E-state index in [1.165, 1.54) is 6.92 Å². The van der Waals surface area contributed by atoms with Crippen molar-refractivity contribution in [2.45, 2.75) is 13.1 Å². The summed E-state index contributed by atoms with van der Waals surface area (Å²) in [5.41, 5.74) is -1.64. The average molecular weight is 346 g/mol. The quantitative estimate of drug-likeness (QED) is 0.846. The molecule has 0 radical (unpaired) electrons. The number of halogens is 4. The van der Waals surface area contributed by atoms with E-state index in [0.717, 1.165) is 6.20 Å². The van der Waals surface area contributed by atoms with Crippen LogP contribution in [0, 0.1) is 0 Å². The van der Waals surface area contributed by atoms with Crippen molar-refractivity contribution in [1.29, 1.82) is 0 Å². The molecule has 0 fully saturated rings. The number of ether oxygens (including phenoxy) is 1. The number of alkyl halides is 3. The van der Waals surface area contributed by atoms with Gasteiger partial charge in [-0.3, -0.25) is 0 Å². The van der Waals surface area contributed by atoms with Crippen LogP contribution in [0.25, 0.3) is 0 Å². The fourth-order valence-electron chi connectivity index (χ4n) is 1.68. The molecule has 122 valence electrons.